The zero-order chi connectivity index (χ0) is 12.0. The second-order valence-corrected chi connectivity index (χ2v) is 3.08. The van der Waals surface area contributed by atoms with Crippen LogP contribution in [0.2, 0.25) is 0 Å². The number of nitrogens with one attached hydrogen (secondary N) is 1. The Bertz CT molecular complexity index is 300. The molecule has 0 unspecified atom stereocenters. The molecule has 1 aliphatic rings. The molecular formula is C9H13NO6. The van der Waals surface area contributed by atoms with Gasteiger partial charge in [0.05, 0.1) is 0 Å². The van der Waals surface area contributed by atoms with Crippen LogP contribution in [0.5, 0.6) is 0 Å². The van der Waals surface area contributed by atoms with E-state index >= 15 is 0 Å². The minimum Gasteiger partial charge on any atom is -0.494 e. The van der Waals surface area contributed by atoms with Gasteiger partial charge in [0, 0.05) is 13.0 Å². The first-order chi connectivity index (χ1) is 7.65. The number of aliphatic hydroxyl groups excluding tert-OH is 1. The summed E-state index contributed by atoms with van der Waals surface area (Å²) in [6.45, 7) is 0.278. The number of amides is 1. The maximum atomic E-state index is 11.5. The topological polar surface area (TPSA) is 105 Å². The van der Waals surface area contributed by atoms with Crippen molar-refractivity contribution in [2.45, 2.75) is 12.5 Å². The van der Waals surface area contributed by atoms with Gasteiger partial charge in [0.25, 0.3) is 5.91 Å². The number of carboxylic acid groups (broad SMARTS) is 1. The van der Waals surface area contributed by atoms with E-state index in [0.717, 1.165) is 6.26 Å². The van der Waals surface area contributed by atoms with Gasteiger partial charge < -0.3 is 25.0 Å². The van der Waals surface area contributed by atoms with Crippen molar-refractivity contribution in [2.75, 3.05) is 19.8 Å². The predicted molar refractivity (Wildman–Crippen MR) is 51.3 cm³/mol. The molecule has 3 N–H and O–H groups in total. The van der Waals surface area contributed by atoms with E-state index in [2.05, 4.69) is 5.32 Å². The smallest absolute Gasteiger partial charge is 0.326 e. The third kappa shape index (κ3) is 3.43. The number of aliphatic hydroxyl groups is 1. The summed E-state index contributed by atoms with van der Waals surface area (Å²) in [6.07, 6.45) is 1.08. The molecule has 0 aromatic carbocycles. The van der Waals surface area contributed by atoms with Gasteiger partial charge in [-0.3, -0.25) is 4.79 Å². The largest absolute Gasteiger partial charge is 0.494 e. The number of carbonyl (C=O) groups is 2. The first-order valence-electron chi connectivity index (χ1n) is 4.74. The normalized spacial score (nSPS) is 16.4. The zero-order valence-corrected chi connectivity index (χ0v) is 8.51. The lowest BCUT2D eigenvalue weighted by Crippen LogP contribution is -2.42. The predicted octanol–water partition coefficient (Wildman–Crippen LogP) is -1.17. The fourth-order valence-electron chi connectivity index (χ4n) is 1.10. The standard InChI is InChI=1S/C9H13NO6/c11-2-1-6(9(13)14)10-8(12)7-5-15-3-4-16-7/h5-6,11H,1-4H2,(H,10,12)(H,13,14)/t6-/m0/s1. The summed E-state index contributed by atoms with van der Waals surface area (Å²) in [5.74, 6) is -1.93. The van der Waals surface area contributed by atoms with Crippen LogP contribution in [0.3, 0.4) is 0 Å². The SMILES string of the molecule is O=C(N[C@@H](CCO)C(=O)O)C1=COCCO1. The van der Waals surface area contributed by atoms with E-state index in [-0.39, 0.29) is 25.4 Å². The van der Waals surface area contributed by atoms with Crippen LogP contribution in [0.15, 0.2) is 12.0 Å². The lowest BCUT2D eigenvalue weighted by Gasteiger charge is -2.17. The Morgan fingerprint density at radius 3 is 2.75 bits per heavy atom. The molecule has 1 amide bonds. The second-order valence-electron chi connectivity index (χ2n) is 3.08. The molecule has 0 radical (unpaired) electrons. The minimum absolute atomic E-state index is 0.0598. The zero-order valence-electron chi connectivity index (χ0n) is 8.51. The number of hydrogen-bond donors (Lipinski definition) is 3. The van der Waals surface area contributed by atoms with E-state index in [4.69, 9.17) is 19.7 Å². The molecule has 0 aromatic rings. The van der Waals surface area contributed by atoms with Gasteiger partial charge in [0.1, 0.15) is 25.5 Å². The second kappa shape index (κ2) is 5.96. The highest BCUT2D eigenvalue weighted by Crippen LogP contribution is 2.05. The van der Waals surface area contributed by atoms with Crippen molar-refractivity contribution in [2.24, 2.45) is 0 Å². The Morgan fingerprint density at radius 1 is 1.50 bits per heavy atom. The molecule has 0 aromatic heterocycles. The molecular weight excluding hydrogens is 218 g/mol. The summed E-state index contributed by atoms with van der Waals surface area (Å²) in [5.41, 5.74) is 0. The molecule has 7 heteroatoms. The van der Waals surface area contributed by atoms with Crippen molar-refractivity contribution in [3.8, 4) is 0 Å². The van der Waals surface area contributed by atoms with E-state index in [1.54, 1.807) is 0 Å². The van der Waals surface area contributed by atoms with Crippen LogP contribution >= 0.6 is 0 Å². The average molecular weight is 231 g/mol. The Hall–Kier alpha value is -1.76. The number of carbonyl (C=O) groups excluding carboxylic acids is 1. The highest BCUT2D eigenvalue weighted by Gasteiger charge is 2.23. The van der Waals surface area contributed by atoms with Crippen LogP contribution in [0.4, 0.5) is 0 Å². The van der Waals surface area contributed by atoms with Gasteiger partial charge in [-0.25, -0.2) is 4.79 Å². The van der Waals surface area contributed by atoms with Crippen molar-refractivity contribution in [3.63, 3.8) is 0 Å². The van der Waals surface area contributed by atoms with E-state index in [1.807, 2.05) is 0 Å². The lowest BCUT2D eigenvalue weighted by molar-refractivity contribution is -0.142. The van der Waals surface area contributed by atoms with Crippen molar-refractivity contribution < 1.29 is 29.3 Å². The van der Waals surface area contributed by atoms with Crippen molar-refractivity contribution in [1.29, 1.82) is 0 Å². The molecule has 0 saturated carbocycles. The lowest BCUT2D eigenvalue weighted by atomic mass is 10.2. The molecule has 1 atom stereocenters. The highest BCUT2D eigenvalue weighted by molar-refractivity contribution is 5.94. The Kier molecular flexibility index (Phi) is 4.59. The van der Waals surface area contributed by atoms with Crippen LogP contribution in [0.25, 0.3) is 0 Å². The molecule has 0 spiro atoms. The average Bonchev–Trinajstić information content (AvgIpc) is 2.29. The van der Waals surface area contributed by atoms with Gasteiger partial charge in [0.2, 0.25) is 5.76 Å². The maximum Gasteiger partial charge on any atom is 0.326 e. The highest BCUT2D eigenvalue weighted by atomic mass is 16.6. The number of ether oxygens (including phenoxy) is 2. The van der Waals surface area contributed by atoms with Gasteiger partial charge >= 0.3 is 5.97 Å². The molecule has 0 fully saturated rings. The first kappa shape index (κ1) is 12.3. The summed E-state index contributed by atoms with van der Waals surface area (Å²) in [4.78, 5) is 22.1. The fourth-order valence-corrected chi connectivity index (χ4v) is 1.10. The summed E-state index contributed by atoms with van der Waals surface area (Å²) >= 11 is 0. The van der Waals surface area contributed by atoms with E-state index in [0.29, 0.717) is 6.61 Å². The van der Waals surface area contributed by atoms with E-state index < -0.39 is 17.9 Å². The summed E-state index contributed by atoms with van der Waals surface area (Å²) in [7, 11) is 0. The number of hydrogen-bond acceptors (Lipinski definition) is 5. The molecule has 0 aliphatic carbocycles. The van der Waals surface area contributed by atoms with Gasteiger partial charge in [-0.1, -0.05) is 0 Å². The molecule has 1 aliphatic heterocycles. The molecule has 16 heavy (non-hydrogen) atoms. The number of rotatable bonds is 5. The van der Waals surface area contributed by atoms with E-state index in [1.165, 1.54) is 0 Å². The van der Waals surface area contributed by atoms with E-state index in [9.17, 15) is 9.59 Å². The van der Waals surface area contributed by atoms with Crippen LogP contribution in [0, 0.1) is 0 Å². The Balaban J connectivity index is 2.53. The monoisotopic (exact) mass is 231 g/mol. The molecule has 1 rings (SSSR count). The fraction of sp³-hybridized carbons (Fsp3) is 0.556. The maximum absolute atomic E-state index is 11.5. The quantitative estimate of drug-likeness (QED) is 0.550. The summed E-state index contributed by atoms with van der Waals surface area (Å²) < 4.78 is 9.83. The number of aliphatic carboxylic acids is 1. The third-order valence-corrected chi connectivity index (χ3v) is 1.89. The van der Waals surface area contributed by atoms with Crippen LogP contribution in [-0.2, 0) is 19.1 Å². The minimum atomic E-state index is -1.21. The summed E-state index contributed by atoms with van der Waals surface area (Å²) in [6, 6.07) is -1.14. The molecule has 90 valence electrons. The van der Waals surface area contributed by atoms with Crippen molar-refractivity contribution in [1.82, 2.24) is 5.32 Å². The van der Waals surface area contributed by atoms with Crippen LogP contribution in [-0.4, -0.2) is 48.0 Å². The van der Waals surface area contributed by atoms with Crippen molar-refractivity contribution in [3.05, 3.63) is 12.0 Å². The van der Waals surface area contributed by atoms with Gasteiger partial charge in [-0.2, -0.15) is 0 Å². The molecule has 0 saturated heterocycles. The van der Waals surface area contributed by atoms with Gasteiger partial charge in [-0.05, 0) is 0 Å². The molecule has 7 nitrogen and oxygen atoms in total. The Labute approximate surface area is 91.7 Å². The summed E-state index contributed by atoms with van der Waals surface area (Å²) in [5, 5.41) is 19.6. The van der Waals surface area contributed by atoms with Crippen LogP contribution in [0.1, 0.15) is 6.42 Å². The van der Waals surface area contributed by atoms with Gasteiger partial charge in [0.15, 0.2) is 0 Å². The third-order valence-electron chi connectivity index (χ3n) is 1.89. The number of carboxylic acids is 1. The van der Waals surface area contributed by atoms with Crippen LogP contribution < -0.4 is 5.32 Å². The van der Waals surface area contributed by atoms with Crippen molar-refractivity contribution >= 4 is 11.9 Å². The molecule has 1 heterocycles. The first-order valence-corrected chi connectivity index (χ1v) is 4.74. The Morgan fingerprint density at radius 2 is 2.25 bits per heavy atom. The molecule has 0 bridgehead atoms. The van der Waals surface area contributed by atoms with Gasteiger partial charge in [-0.15, -0.1) is 0 Å².